The number of fused-ring (bicyclic) bond motifs is 1. The Labute approximate surface area is 171 Å². The van der Waals surface area contributed by atoms with E-state index in [9.17, 15) is 9.90 Å². The third-order valence-electron chi connectivity index (χ3n) is 6.11. The molecule has 1 aliphatic rings. The zero-order chi connectivity index (χ0) is 20.4. The molecule has 0 bridgehead atoms. The molecular formula is C24H28N2O3. The molecule has 29 heavy (non-hydrogen) atoms. The minimum absolute atomic E-state index is 0.165. The maximum atomic E-state index is 12.1. The molecule has 0 aliphatic carbocycles. The molecule has 3 aromatic rings. The van der Waals surface area contributed by atoms with E-state index >= 15 is 0 Å². The number of hydrogen-bond acceptors (Lipinski definition) is 5. The molecule has 0 amide bonds. The largest absolute Gasteiger partial charge is 0.507 e. The first-order chi connectivity index (χ1) is 14.0. The first kappa shape index (κ1) is 19.7. The van der Waals surface area contributed by atoms with Crippen molar-refractivity contribution in [2.45, 2.75) is 45.8 Å². The Kier molecular flexibility index (Phi) is 5.69. The summed E-state index contributed by atoms with van der Waals surface area (Å²) in [6.45, 7) is 7.25. The van der Waals surface area contributed by atoms with Crippen LogP contribution in [0, 0.1) is 13.8 Å². The number of nitrogens with zero attached hydrogens (tertiary/aromatic N) is 1. The smallest absolute Gasteiger partial charge is 0.339 e. The maximum Gasteiger partial charge on any atom is 0.339 e. The van der Waals surface area contributed by atoms with Gasteiger partial charge in [-0.25, -0.2) is 4.79 Å². The highest BCUT2D eigenvalue weighted by Crippen LogP contribution is 2.29. The number of phenols is 1. The molecule has 2 aromatic carbocycles. The average molecular weight is 392 g/mol. The lowest BCUT2D eigenvalue weighted by molar-refractivity contribution is 0.190. The van der Waals surface area contributed by atoms with E-state index in [4.69, 9.17) is 4.42 Å². The van der Waals surface area contributed by atoms with Crippen LogP contribution >= 0.6 is 0 Å². The Morgan fingerprint density at radius 1 is 1.07 bits per heavy atom. The number of rotatable bonds is 5. The molecule has 0 spiro atoms. The highest BCUT2D eigenvalue weighted by Gasteiger charge is 2.20. The van der Waals surface area contributed by atoms with Crippen molar-refractivity contribution < 1.29 is 9.52 Å². The predicted octanol–water partition coefficient (Wildman–Crippen LogP) is 3.87. The van der Waals surface area contributed by atoms with Crippen molar-refractivity contribution in [3.05, 3.63) is 75.1 Å². The minimum Gasteiger partial charge on any atom is -0.507 e. The van der Waals surface area contributed by atoms with Gasteiger partial charge in [0.15, 0.2) is 0 Å². The van der Waals surface area contributed by atoms with Gasteiger partial charge in [0.25, 0.3) is 0 Å². The Morgan fingerprint density at radius 2 is 1.79 bits per heavy atom. The summed E-state index contributed by atoms with van der Waals surface area (Å²) in [4.78, 5) is 14.6. The van der Waals surface area contributed by atoms with Crippen molar-refractivity contribution in [2.24, 2.45) is 0 Å². The van der Waals surface area contributed by atoms with Gasteiger partial charge in [0.2, 0.25) is 0 Å². The summed E-state index contributed by atoms with van der Waals surface area (Å²) in [5, 5.41) is 14.8. The second-order valence-electron chi connectivity index (χ2n) is 8.00. The van der Waals surface area contributed by atoms with Crippen molar-refractivity contribution in [2.75, 3.05) is 13.1 Å². The van der Waals surface area contributed by atoms with E-state index in [1.807, 2.05) is 19.1 Å². The molecule has 1 saturated heterocycles. The molecule has 152 valence electrons. The molecule has 5 nitrogen and oxygen atoms in total. The lowest BCUT2D eigenvalue weighted by Crippen LogP contribution is -2.41. The van der Waals surface area contributed by atoms with Crippen LogP contribution in [0.15, 0.2) is 51.7 Å². The molecular weight excluding hydrogens is 364 g/mol. The van der Waals surface area contributed by atoms with Crippen molar-refractivity contribution in [1.82, 2.24) is 10.2 Å². The monoisotopic (exact) mass is 392 g/mol. The SMILES string of the molecule is Cc1c(C)c2ccc(O)c(CNC3CCN(Cc4ccccc4)CC3)c2oc1=O. The number of piperidine rings is 1. The molecule has 4 rings (SSSR count). The second-order valence-corrected chi connectivity index (χ2v) is 8.00. The van der Waals surface area contributed by atoms with Crippen LogP contribution < -0.4 is 10.9 Å². The quantitative estimate of drug-likeness (QED) is 0.646. The van der Waals surface area contributed by atoms with Crippen LogP contribution in [0.25, 0.3) is 11.0 Å². The van der Waals surface area contributed by atoms with Gasteiger partial charge in [0.05, 0.1) is 5.56 Å². The van der Waals surface area contributed by atoms with E-state index in [1.165, 1.54) is 5.56 Å². The number of aryl methyl sites for hydroxylation is 1. The fourth-order valence-electron chi connectivity index (χ4n) is 4.11. The zero-order valence-corrected chi connectivity index (χ0v) is 17.1. The number of hydrogen-bond donors (Lipinski definition) is 2. The van der Waals surface area contributed by atoms with E-state index in [-0.39, 0.29) is 11.4 Å². The van der Waals surface area contributed by atoms with Gasteiger partial charge in [0, 0.05) is 30.1 Å². The summed E-state index contributed by atoms with van der Waals surface area (Å²) in [5.41, 5.74) is 3.69. The van der Waals surface area contributed by atoms with Gasteiger partial charge in [0.1, 0.15) is 11.3 Å². The van der Waals surface area contributed by atoms with Crippen molar-refractivity contribution in [3.8, 4) is 5.75 Å². The number of likely N-dealkylation sites (tertiary alicyclic amines) is 1. The van der Waals surface area contributed by atoms with Crippen LogP contribution in [0.4, 0.5) is 0 Å². The third kappa shape index (κ3) is 4.21. The Morgan fingerprint density at radius 3 is 2.52 bits per heavy atom. The van der Waals surface area contributed by atoms with Gasteiger partial charge in [-0.1, -0.05) is 30.3 Å². The first-order valence-electron chi connectivity index (χ1n) is 10.3. The predicted molar refractivity (Wildman–Crippen MR) is 115 cm³/mol. The summed E-state index contributed by atoms with van der Waals surface area (Å²) in [5.74, 6) is 0.165. The summed E-state index contributed by atoms with van der Waals surface area (Å²) in [6, 6.07) is 14.5. The number of aromatic hydroxyl groups is 1. The molecule has 0 atom stereocenters. The molecule has 5 heteroatoms. The summed E-state index contributed by atoms with van der Waals surface area (Å²) in [7, 11) is 0. The molecule has 0 radical (unpaired) electrons. The number of nitrogens with one attached hydrogen (secondary N) is 1. The fourth-order valence-corrected chi connectivity index (χ4v) is 4.11. The Bertz CT molecular complexity index is 1050. The molecule has 2 heterocycles. The van der Waals surface area contributed by atoms with Crippen molar-refractivity contribution in [1.29, 1.82) is 0 Å². The Hall–Kier alpha value is -2.63. The van der Waals surface area contributed by atoms with Gasteiger partial charge in [-0.2, -0.15) is 0 Å². The van der Waals surface area contributed by atoms with Gasteiger partial charge >= 0.3 is 5.63 Å². The van der Waals surface area contributed by atoms with E-state index in [1.54, 1.807) is 13.0 Å². The van der Waals surface area contributed by atoms with Gasteiger partial charge in [-0.15, -0.1) is 0 Å². The van der Waals surface area contributed by atoms with Gasteiger partial charge < -0.3 is 14.8 Å². The highest BCUT2D eigenvalue weighted by atomic mass is 16.4. The zero-order valence-electron chi connectivity index (χ0n) is 17.1. The topological polar surface area (TPSA) is 65.7 Å². The molecule has 1 fully saturated rings. The third-order valence-corrected chi connectivity index (χ3v) is 6.11. The lowest BCUT2D eigenvalue weighted by Gasteiger charge is -2.32. The van der Waals surface area contributed by atoms with Crippen LogP contribution in [-0.2, 0) is 13.1 Å². The number of phenolic OH excluding ortho intramolecular Hbond substituents is 1. The fraction of sp³-hybridized carbons (Fsp3) is 0.375. The van der Waals surface area contributed by atoms with Gasteiger partial charge in [-0.3, -0.25) is 4.90 Å². The number of benzene rings is 2. The lowest BCUT2D eigenvalue weighted by atomic mass is 10.0. The van der Waals surface area contributed by atoms with Crippen molar-refractivity contribution in [3.63, 3.8) is 0 Å². The van der Waals surface area contributed by atoms with Crippen LogP contribution in [0.5, 0.6) is 5.75 Å². The van der Waals surface area contributed by atoms with E-state index in [2.05, 4.69) is 34.5 Å². The minimum atomic E-state index is -0.337. The van der Waals surface area contributed by atoms with Crippen LogP contribution in [0.1, 0.15) is 35.1 Å². The first-order valence-corrected chi connectivity index (χ1v) is 10.3. The summed E-state index contributed by atoms with van der Waals surface area (Å²) >= 11 is 0. The molecule has 1 aromatic heterocycles. The molecule has 1 aliphatic heterocycles. The van der Waals surface area contributed by atoms with Gasteiger partial charge in [-0.05, 0) is 63.0 Å². The second kappa shape index (κ2) is 8.39. The van der Waals surface area contributed by atoms with Crippen LogP contribution in [-0.4, -0.2) is 29.1 Å². The average Bonchev–Trinajstić information content (AvgIpc) is 2.73. The standard InChI is InChI=1S/C24H28N2O3/c1-16-17(2)24(28)29-23-20(16)8-9-22(27)21(23)14-25-19-10-12-26(13-11-19)15-18-6-4-3-5-7-18/h3-9,19,25,27H,10-15H2,1-2H3. The Balaban J connectivity index is 1.42. The highest BCUT2D eigenvalue weighted by molar-refractivity contribution is 5.85. The summed E-state index contributed by atoms with van der Waals surface area (Å²) < 4.78 is 5.54. The van der Waals surface area contributed by atoms with Crippen LogP contribution in [0.2, 0.25) is 0 Å². The molecule has 0 unspecified atom stereocenters. The van der Waals surface area contributed by atoms with Crippen LogP contribution in [0.3, 0.4) is 0 Å². The maximum absolute atomic E-state index is 12.1. The van der Waals surface area contributed by atoms with Crippen molar-refractivity contribution >= 4 is 11.0 Å². The van der Waals surface area contributed by atoms with E-state index in [0.29, 0.717) is 29.3 Å². The molecule has 0 saturated carbocycles. The van der Waals surface area contributed by atoms with E-state index in [0.717, 1.165) is 43.4 Å². The van der Waals surface area contributed by atoms with E-state index < -0.39 is 0 Å². The summed E-state index contributed by atoms with van der Waals surface area (Å²) in [6.07, 6.45) is 2.11. The molecule has 2 N–H and O–H groups in total. The normalized spacial score (nSPS) is 15.8.